The van der Waals surface area contributed by atoms with Gasteiger partial charge in [-0.1, -0.05) is 0 Å². The van der Waals surface area contributed by atoms with Gasteiger partial charge >= 0.3 is 0 Å². The Morgan fingerprint density at radius 2 is 2.00 bits per heavy atom. The van der Waals surface area contributed by atoms with Gasteiger partial charge in [0.05, 0.1) is 24.3 Å². The number of carbonyl (C=O) groups is 2. The fourth-order valence-corrected chi connectivity index (χ4v) is 4.85. The van der Waals surface area contributed by atoms with Gasteiger partial charge in [-0.05, 0) is 38.7 Å². The summed E-state index contributed by atoms with van der Waals surface area (Å²) >= 11 is 1.49. The molecule has 2 amide bonds. The van der Waals surface area contributed by atoms with Crippen molar-refractivity contribution in [2.24, 2.45) is 5.73 Å². The number of nitrogens with one attached hydrogen (secondary N) is 1. The largest absolute Gasteiger partial charge is 0.373 e. The summed E-state index contributed by atoms with van der Waals surface area (Å²) in [5.74, 6) is -0.554. The average molecular weight is 337 g/mol. The van der Waals surface area contributed by atoms with Crippen LogP contribution in [0, 0.1) is 0 Å². The molecule has 6 nitrogen and oxygen atoms in total. The molecule has 0 bridgehead atoms. The Kier molecular flexibility index (Phi) is 4.70. The van der Waals surface area contributed by atoms with Gasteiger partial charge < -0.3 is 15.8 Å². The maximum absolute atomic E-state index is 12.4. The first-order valence-electron chi connectivity index (χ1n) is 8.06. The minimum absolute atomic E-state index is 0.103. The average Bonchev–Trinajstić information content (AvgIpc) is 2.96. The molecule has 7 heteroatoms. The second-order valence-electron chi connectivity index (χ2n) is 6.43. The highest BCUT2D eigenvalue weighted by Gasteiger charge is 2.27. The molecule has 23 heavy (non-hydrogen) atoms. The molecule has 3 rings (SSSR count). The minimum atomic E-state index is -0.451. The molecule has 1 aromatic heterocycles. The first-order chi connectivity index (χ1) is 10.9. The fourth-order valence-electron chi connectivity index (χ4n) is 3.54. The summed E-state index contributed by atoms with van der Waals surface area (Å²) in [6.07, 6.45) is 3.14. The molecular formula is C16H23N3O3S. The van der Waals surface area contributed by atoms with E-state index in [1.165, 1.54) is 16.2 Å². The van der Waals surface area contributed by atoms with Crippen molar-refractivity contribution in [3.8, 4) is 0 Å². The SMILES string of the molecule is CC1CN(CC(=O)Nc2sc3c(c2C(N)=O)CCC3)CC(C)O1. The number of nitrogens with two attached hydrogens (primary N) is 1. The van der Waals surface area contributed by atoms with Crippen LogP contribution in [0.2, 0.25) is 0 Å². The number of anilines is 1. The second kappa shape index (κ2) is 6.59. The quantitative estimate of drug-likeness (QED) is 0.869. The van der Waals surface area contributed by atoms with Crippen molar-refractivity contribution in [3.05, 3.63) is 16.0 Å². The van der Waals surface area contributed by atoms with Gasteiger partial charge in [0.25, 0.3) is 5.91 Å². The summed E-state index contributed by atoms with van der Waals surface area (Å²) in [7, 11) is 0. The lowest BCUT2D eigenvalue weighted by Crippen LogP contribution is -2.48. The summed E-state index contributed by atoms with van der Waals surface area (Å²) < 4.78 is 5.68. The third-order valence-electron chi connectivity index (χ3n) is 4.28. The lowest BCUT2D eigenvalue weighted by Gasteiger charge is -2.34. The molecule has 2 unspecified atom stereocenters. The Bertz CT molecular complexity index is 618. The van der Waals surface area contributed by atoms with E-state index in [2.05, 4.69) is 10.2 Å². The van der Waals surface area contributed by atoms with Gasteiger partial charge in [0.2, 0.25) is 5.91 Å². The van der Waals surface area contributed by atoms with Gasteiger partial charge in [-0.3, -0.25) is 14.5 Å². The van der Waals surface area contributed by atoms with E-state index in [9.17, 15) is 9.59 Å². The summed E-state index contributed by atoms with van der Waals surface area (Å²) in [5, 5.41) is 3.51. The van der Waals surface area contributed by atoms with Crippen LogP contribution in [0.1, 0.15) is 41.1 Å². The van der Waals surface area contributed by atoms with Crippen molar-refractivity contribution in [1.82, 2.24) is 4.90 Å². The van der Waals surface area contributed by atoms with Crippen molar-refractivity contribution in [2.75, 3.05) is 25.0 Å². The van der Waals surface area contributed by atoms with Crippen molar-refractivity contribution in [3.63, 3.8) is 0 Å². The zero-order valence-corrected chi connectivity index (χ0v) is 14.4. The maximum atomic E-state index is 12.4. The molecule has 0 radical (unpaired) electrons. The highest BCUT2D eigenvalue weighted by atomic mass is 32.1. The lowest BCUT2D eigenvalue weighted by molar-refractivity contribution is -0.121. The third-order valence-corrected chi connectivity index (χ3v) is 5.49. The number of morpholine rings is 1. The number of hydrogen-bond acceptors (Lipinski definition) is 5. The van der Waals surface area contributed by atoms with Crippen molar-refractivity contribution < 1.29 is 14.3 Å². The number of fused-ring (bicyclic) bond motifs is 1. The van der Waals surface area contributed by atoms with Crippen molar-refractivity contribution in [2.45, 2.75) is 45.3 Å². The minimum Gasteiger partial charge on any atom is -0.373 e. The number of nitrogens with zero attached hydrogens (tertiary/aromatic N) is 1. The van der Waals surface area contributed by atoms with E-state index in [1.54, 1.807) is 0 Å². The Labute approximate surface area is 140 Å². The van der Waals surface area contributed by atoms with Gasteiger partial charge in [0.15, 0.2) is 0 Å². The molecule has 126 valence electrons. The Balaban J connectivity index is 1.68. The first-order valence-corrected chi connectivity index (χ1v) is 8.87. The zero-order valence-electron chi connectivity index (χ0n) is 13.6. The normalized spacial score (nSPS) is 24.4. The molecule has 2 aliphatic rings. The van der Waals surface area contributed by atoms with E-state index in [1.807, 2.05) is 13.8 Å². The molecule has 2 atom stereocenters. The molecule has 2 heterocycles. The lowest BCUT2D eigenvalue weighted by atomic mass is 10.1. The molecule has 1 aliphatic carbocycles. The van der Waals surface area contributed by atoms with Crippen LogP contribution in [0.5, 0.6) is 0 Å². The Hall–Kier alpha value is -1.44. The summed E-state index contributed by atoms with van der Waals surface area (Å²) in [6, 6.07) is 0. The van der Waals surface area contributed by atoms with Gasteiger partial charge in [0, 0.05) is 18.0 Å². The van der Waals surface area contributed by atoms with Gasteiger partial charge in [-0.15, -0.1) is 11.3 Å². The highest BCUT2D eigenvalue weighted by molar-refractivity contribution is 7.17. The number of rotatable bonds is 4. The highest BCUT2D eigenvalue weighted by Crippen LogP contribution is 2.38. The fraction of sp³-hybridized carbons (Fsp3) is 0.625. The molecule has 0 spiro atoms. The van der Waals surface area contributed by atoms with Crippen LogP contribution < -0.4 is 11.1 Å². The number of amides is 2. The topological polar surface area (TPSA) is 84.7 Å². The van der Waals surface area contributed by atoms with Crippen LogP contribution >= 0.6 is 11.3 Å². The smallest absolute Gasteiger partial charge is 0.251 e. The number of carbonyl (C=O) groups excluding carboxylic acids is 2. The van der Waals surface area contributed by atoms with Gasteiger partial charge in [-0.25, -0.2) is 0 Å². The van der Waals surface area contributed by atoms with E-state index >= 15 is 0 Å². The van der Waals surface area contributed by atoms with E-state index in [0.29, 0.717) is 17.1 Å². The second-order valence-corrected chi connectivity index (χ2v) is 7.53. The maximum Gasteiger partial charge on any atom is 0.251 e. The Morgan fingerprint density at radius 1 is 1.30 bits per heavy atom. The number of thiophene rings is 1. The van der Waals surface area contributed by atoms with Crippen LogP contribution in [-0.4, -0.2) is 48.6 Å². The molecule has 1 aliphatic heterocycles. The monoisotopic (exact) mass is 337 g/mol. The van der Waals surface area contributed by atoms with E-state index in [4.69, 9.17) is 10.5 Å². The summed E-state index contributed by atoms with van der Waals surface area (Å²) in [5.41, 5.74) is 7.07. The van der Waals surface area contributed by atoms with Crippen LogP contribution in [-0.2, 0) is 22.4 Å². The molecule has 1 aromatic rings. The predicted molar refractivity (Wildman–Crippen MR) is 89.9 cm³/mol. The van der Waals surface area contributed by atoms with Gasteiger partial charge in [-0.2, -0.15) is 0 Å². The number of primary amides is 1. The molecule has 0 saturated carbocycles. The Morgan fingerprint density at radius 3 is 2.65 bits per heavy atom. The van der Waals surface area contributed by atoms with Crippen LogP contribution in [0.3, 0.4) is 0 Å². The van der Waals surface area contributed by atoms with Crippen LogP contribution in [0.25, 0.3) is 0 Å². The number of hydrogen-bond donors (Lipinski definition) is 2. The van der Waals surface area contributed by atoms with Crippen LogP contribution in [0.15, 0.2) is 0 Å². The van der Waals surface area contributed by atoms with E-state index in [0.717, 1.165) is 37.9 Å². The zero-order chi connectivity index (χ0) is 16.6. The third kappa shape index (κ3) is 3.57. The van der Waals surface area contributed by atoms with Crippen LogP contribution in [0.4, 0.5) is 5.00 Å². The van der Waals surface area contributed by atoms with E-state index in [-0.39, 0.29) is 18.1 Å². The molecule has 1 saturated heterocycles. The molecule has 0 aromatic carbocycles. The van der Waals surface area contributed by atoms with Crippen molar-refractivity contribution >= 4 is 28.2 Å². The van der Waals surface area contributed by atoms with Gasteiger partial charge in [0.1, 0.15) is 5.00 Å². The standard InChI is InChI=1S/C16H23N3O3S/c1-9-6-19(7-10(2)22-9)8-13(20)18-16-14(15(17)21)11-4-3-5-12(11)23-16/h9-10H,3-8H2,1-2H3,(H2,17,21)(H,18,20). The van der Waals surface area contributed by atoms with Crippen molar-refractivity contribution in [1.29, 1.82) is 0 Å². The van der Waals surface area contributed by atoms with E-state index < -0.39 is 5.91 Å². The summed E-state index contributed by atoms with van der Waals surface area (Å²) in [4.78, 5) is 27.4. The first kappa shape index (κ1) is 16.4. The predicted octanol–water partition coefficient (Wildman–Crippen LogP) is 1.38. The molecule has 1 fully saturated rings. The number of aryl methyl sites for hydroxylation is 1. The summed E-state index contributed by atoms with van der Waals surface area (Å²) in [6.45, 7) is 5.80. The molecule has 3 N–H and O–H groups in total. The number of ether oxygens (including phenoxy) is 1. The molecular weight excluding hydrogens is 314 g/mol.